The molecule has 0 aromatic rings. The Morgan fingerprint density at radius 2 is 1.53 bits per heavy atom. The fraction of sp³-hybridized carbons (Fsp3) is 1.00. The summed E-state index contributed by atoms with van der Waals surface area (Å²) in [7, 11) is -2.81. The zero-order valence-corrected chi connectivity index (χ0v) is 12.5. The number of nitrogens with two attached hydrogens (primary N) is 1. The van der Waals surface area contributed by atoms with Crippen LogP contribution in [0.5, 0.6) is 0 Å². The molecule has 0 aliphatic rings. The normalized spacial score (nSPS) is 12.9. The van der Waals surface area contributed by atoms with Crippen LogP contribution >= 0.6 is 0 Å². The zero-order chi connectivity index (χ0) is 13.4. The molecule has 0 aromatic heterocycles. The van der Waals surface area contributed by atoms with Gasteiger partial charge in [-0.3, -0.25) is 0 Å². The molecule has 0 rings (SSSR count). The van der Waals surface area contributed by atoms with E-state index in [1.165, 1.54) is 0 Å². The van der Waals surface area contributed by atoms with Crippen molar-refractivity contribution in [2.75, 3.05) is 18.1 Å². The number of hydrogen-bond acceptors (Lipinski definition) is 3. The van der Waals surface area contributed by atoms with Crippen molar-refractivity contribution in [2.45, 2.75) is 59.3 Å². The quantitative estimate of drug-likeness (QED) is 0.617. The number of rotatable bonds is 10. The Morgan fingerprint density at radius 3 is 2.00 bits per heavy atom. The predicted octanol–water partition coefficient (Wildman–Crippen LogP) is 2.75. The summed E-state index contributed by atoms with van der Waals surface area (Å²) in [5.41, 5.74) is 5.78. The molecule has 104 valence electrons. The van der Waals surface area contributed by atoms with E-state index in [1.807, 2.05) is 0 Å². The standard InChI is InChI=1S/C13H29NO2S/c1-4-5-7-10-17(15,16)11-8-6-9-13(2,3)12-14/h4-12,14H2,1-3H3. The molecular weight excluding hydrogens is 234 g/mol. The largest absolute Gasteiger partial charge is 0.330 e. The average molecular weight is 263 g/mol. The highest BCUT2D eigenvalue weighted by molar-refractivity contribution is 7.91. The smallest absolute Gasteiger partial charge is 0.150 e. The highest BCUT2D eigenvalue weighted by Crippen LogP contribution is 2.21. The van der Waals surface area contributed by atoms with Crippen LogP contribution < -0.4 is 5.73 Å². The van der Waals surface area contributed by atoms with Gasteiger partial charge in [-0.25, -0.2) is 8.42 Å². The molecule has 4 heteroatoms. The first-order valence-electron chi connectivity index (χ1n) is 6.73. The SMILES string of the molecule is CCCCCS(=O)(=O)CCCCC(C)(C)CN. The first-order chi connectivity index (χ1) is 7.83. The molecule has 0 bridgehead atoms. The molecule has 0 unspecified atom stereocenters. The van der Waals surface area contributed by atoms with Gasteiger partial charge in [-0.1, -0.05) is 40.0 Å². The Balaban J connectivity index is 3.73. The van der Waals surface area contributed by atoms with Crippen LogP contribution in [0.4, 0.5) is 0 Å². The Hall–Kier alpha value is -0.0900. The Bertz CT molecular complexity index is 284. The van der Waals surface area contributed by atoms with Gasteiger partial charge in [0.2, 0.25) is 0 Å². The lowest BCUT2D eigenvalue weighted by molar-refractivity contribution is 0.335. The topological polar surface area (TPSA) is 60.2 Å². The van der Waals surface area contributed by atoms with Crippen LogP contribution in [0.25, 0.3) is 0 Å². The number of sulfone groups is 1. The minimum atomic E-state index is -2.81. The molecule has 0 radical (unpaired) electrons. The molecule has 0 atom stereocenters. The monoisotopic (exact) mass is 263 g/mol. The summed E-state index contributed by atoms with van der Waals surface area (Å²) in [5.74, 6) is 0.707. The molecule has 0 aliphatic carbocycles. The van der Waals surface area contributed by atoms with E-state index in [0.717, 1.165) is 38.5 Å². The first kappa shape index (κ1) is 16.9. The minimum Gasteiger partial charge on any atom is -0.330 e. The van der Waals surface area contributed by atoms with Gasteiger partial charge in [0.1, 0.15) is 9.84 Å². The average Bonchev–Trinajstić information content (AvgIpc) is 2.25. The molecule has 0 aromatic carbocycles. The minimum absolute atomic E-state index is 0.145. The van der Waals surface area contributed by atoms with Gasteiger partial charge in [0.05, 0.1) is 11.5 Å². The second-order valence-corrected chi connectivity index (χ2v) is 7.99. The molecule has 17 heavy (non-hydrogen) atoms. The third-order valence-corrected chi connectivity index (χ3v) is 4.99. The van der Waals surface area contributed by atoms with Crippen LogP contribution in [-0.4, -0.2) is 26.5 Å². The van der Waals surface area contributed by atoms with Crippen molar-refractivity contribution >= 4 is 9.84 Å². The van der Waals surface area contributed by atoms with Crippen molar-refractivity contribution in [3.8, 4) is 0 Å². The van der Waals surface area contributed by atoms with E-state index in [0.29, 0.717) is 18.1 Å². The summed E-state index contributed by atoms with van der Waals surface area (Å²) in [6, 6.07) is 0. The van der Waals surface area contributed by atoms with Gasteiger partial charge in [-0.2, -0.15) is 0 Å². The fourth-order valence-corrected chi connectivity index (χ4v) is 3.19. The van der Waals surface area contributed by atoms with E-state index in [4.69, 9.17) is 5.73 Å². The van der Waals surface area contributed by atoms with Gasteiger partial charge in [0, 0.05) is 0 Å². The van der Waals surface area contributed by atoms with Crippen LogP contribution in [0.3, 0.4) is 0 Å². The van der Waals surface area contributed by atoms with E-state index >= 15 is 0 Å². The molecule has 0 heterocycles. The lowest BCUT2D eigenvalue weighted by atomic mass is 9.88. The maximum atomic E-state index is 11.7. The maximum Gasteiger partial charge on any atom is 0.150 e. The summed E-state index contributed by atoms with van der Waals surface area (Å²) in [4.78, 5) is 0. The summed E-state index contributed by atoms with van der Waals surface area (Å²) < 4.78 is 23.3. The molecular formula is C13H29NO2S. The number of hydrogen-bond donors (Lipinski definition) is 1. The molecule has 0 fully saturated rings. The van der Waals surface area contributed by atoms with E-state index in [-0.39, 0.29) is 5.41 Å². The summed E-state index contributed by atoms with van der Waals surface area (Å²) >= 11 is 0. The third-order valence-electron chi connectivity index (χ3n) is 3.17. The van der Waals surface area contributed by atoms with Crippen LogP contribution in [-0.2, 0) is 9.84 Å². The molecule has 0 aliphatic heterocycles. The van der Waals surface area contributed by atoms with Crippen molar-refractivity contribution in [1.29, 1.82) is 0 Å². The summed E-state index contributed by atoms with van der Waals surface area (Å²) in [6.07, 6.45) is 5.63. The van der Waals surface area contributed by atoms with Gasteiger partial charge in [-0.15, -0.1) is 0 Å². The molecule has 0 spiro atoms. The van der Waals surface area contributed by atoms with E-state index in [9.17, 15) is 8.42 Å². The summed E-state index contributed by atoms with van der Waals surface area (Å²) in [5, 5.41) is 0. The molecule has 2 N–H and O–H groups in total. The van der Waals surface area contributed by atoms with Crippen LogP contribution in [0.15, 0.2) is 0 Å². The van der Waals surface area contributed by atoms with Crippen molar-refractivity contribution in [3.05, 3.63) is 0 Å². The number of unbranched alkanes of at least 4 members (excludes halogenated alkanes) is 3. The van der Waals surface area contributed by atoms with Crippen LogP contribution in [0.1, 0.15) is 59.3 Å². The third kappa shape index (κ3) is 9.60. The van der Waals surface area contributed by atoms with Gasteiger partial charge in [-0.05, 0) is 31.2 Å². The van der Waals surface area contributed by atoms with Crippen LogP contribution in [0.2, 0.25) is 0 Å². The lowest BCUT2D eigenvalue weighted by Gasteiger charge is -2.21. The maximum absolute atomic E-state index is 11.7. The van der Waals surface area contributed by atoms with E-state index in [2.05, 4.69) is 20.8 Å². The van der Waals surface area contributed by atoms with Crippen molar-refractivity contribution in [2.24, 2.45) is 11.1 Å². The van der Waals surface area contributed by atoms with E-state index in [1.54, 1.807) is 0 Å². The van der Waals surface area contributed by atoms with E-state index < -0.39 is 9.84 Å². The second-order valence-electron chi connectivity index (χ2n) is 5.68. The molecule has 3 nitrogen and oxygen atoms in total. The van der Waals surface area contributed by atoms with Crippen LogP contribution in [0, 0.1) is 5.41 Å². The first-order valence-corrected chi connectivity index (χ1v) is 8.55. The fourth-order valence-electron chi connectivity index (χ4n) is 1.70. The van der Waals surface area contributed by atoms with Crippen molar-refractivity contribution in [1.82, 2.24) is 0 Å². The molecule has 0 amide bonds. The van der Waals surface area contributed by atoms with Gasteiger partial charge in [0.15, 0.2) is 0 Å². The highest BCUT2D eigenvalue weighted by Gasteiger charge is 2.16. The Morgan fingerprint density at radius 1 is 1.00 bits per heavy atom. The van der Waals surface area contributed by atoms with Gasteiger partial charge >= 0.3 is 0 Å². The van der Waals surface area contributed by atoms with Crippen molar-refractivity contribution < 1.29 is 8.42 Å². The zero-order valence-electron chi connectivity index (χ0n) is 11.7. The summed E-state index contributed by atoms with van der Waals surface area (Å²) in [6.45, 7) is 7.00. The Labute approximate surface area is 107 Å². The molecule has 0 saturated carbocycles. The second kappa shape index (κ2) is 8.09. The lowest BCUT2D eigenvalue weighted by Crippen LogP contribution is -2.23. The highest BCUT2D eigenvalue weighted by atomic mass is 32.2. The van der Waals surface area contributed by atoms with Crippen molar-refractivity contribution in [3.63, 3.8) is 0 Å². The van der Waals surface area contributed by atoms with Gasteiger partial charge < -0.3 is 5.73 Å². The predicted molar refractivity (Wildman–Crippen MR) is 74.9 cm³/mol. The molecule has 0 saturated heterocycles. The Kier molecular flexibility index (Phi) is 8.05. The van der Waals surface area contributed by atoms with Gasteiger partial charge in [0.25, 0.3) is 0 Å².